The molecule has 1 aromatic heterocycles. The summed E-state index contributed by atoms with van der Waals surface area (Å²) in [5.41, 5.74) is 9.36. The zero-order valence-corrected chi connectivity index (χ0v) is 25.8. The number of ether oxygens (including phenoxy) is 1. The molecule has 216 valence electrons. The number of nitrogens with one attached hydrogen (secondary N) is 3. The van der Waals surface area contributed by atoms with Gasteiger partial charge in [0.15, 0.2) is 11.7 Å². The minimum absolute atomic E-state index is 0.136. The van der Waals surface area contributed by atoms with Gasteiger partial charge in [0.25, 0.3) is 11.8 Å². The second-order valence-corrected chi connectivity index (χ2v) is 11.3. The molecule has 0 aliphatic heterocycles. The lowest BCUT2D eigenvalue weighted by atomic mass is 10.1. The van der Waals surface area contributed by atoms with Gasteiger partial charge in [-0.1, -0.05) is 42.5 Å². The predicted octanol–water partition coefficient (Wildman–Crippen LogP) is 7.71. The SMILES string of the molecule is Cc1cccc(NC(=O)COc2ccc(/C=N/NC(=O)c3ccc(-c4csc(Nc5ccccc5)n4)cc3)cc2Br)c1C. The molecule has 0 aliphatic rings. The van der Waals surface area contributed by atoms with E-state index in [1.54, 1.807) is 30.3 Å². The lowest BCUT2D eigenvalue weighted by Gasteiger charge is -2.12. The van der Waals surface area contributed by atoms with Gasteiger partial charge in [0.1, 0.15) is 5.75 Å². The van der Waals surface area contributed by atoms with Gasteiger partial charge in [-0.15, -0.1) is 11.3 Å². The van der Waals surface area contributed by atoms with Crippen LogP contribution < -0.4 is 20.8 Å². The molecule has 4 aromatic carbocycles. The van der Waals surface area contributed by atoms with Gasteiger partial charge in [0, 0.05) is 27.9 Å². The van der Waals surface area contributed by atoms with Crippen molar-refractivity contribution in [3.63, 3.8) is 0 Å². The summed E-state index contributed by atoms with van der Waals surface area (Å²) < 4.78 is 6.34. The summed E-state index contributed by atoms with van der Waals surface area (Å²) >= 11 is 4.99. The second kappa shape index (κ2) is 13.9. The summed E-state index contributed by atoms with van der Waals surface area (Å²) in [7, 11) is 0. The van der Waals surface area contributed by atoms with E-state index in [2.05, 4.69) is 42.1 Å². The molecule has 0 spiro atoms. The molecule has 0 radical (unpaired) electrons. The van der Waals surface area contributed by atoms with E-state index in [0.29, 0.717) is 15.8 Å². The Balaban J connectivity index is 1.11. The van der Waals surface area contributed by atoms with Crippen molar-refractivity contribution < 1.29 is 14.3 Å². The molecule has 10 heteroatoms. The largest absolute Gasteiger partial charge is 0.483 e. The van der Waals surface area contributed by atoms with Gasteiger partial charge in [0.05, 0.1) is 16.4 Å². The number of hydrogen-bond donors (Lipinski definition) is 3. The van der Waals surface area contributed by atoms with Crippen LogP contribution in [0.3, 0.4) is 0 Å². The molecule has 0 saturated heterocycles. The molecule has 2 amide bonds. The quantitative estimate of drug-likeness (QED) is 0.106. The monoisotopic (exact) mass is 653 g/mol. The van der Waals surface area contributed by atoms with E-state index in [0.717, 1.165) is 44.5 Å². The standard InChI is InChI=1S/C33H28BrN5O3S/c1-21-7-6-10-28(22(21)2)37-31(40)19-42-30-16-11-23(17-27(30)34)18-35-39-32(41)25-14-12-24(13-15-25)29-20-43-33(38-29)36-26-8-4-3-5-9-26/h3-18,20H,19H2,1-2H3,(H,36,38)(H,37,40)(H,39,41)/b35-18+. The molecule has 0 fully saturated rings. The van der Waals surface area contributed by atoms with Gasteiger partial charge in [-0.05, 0) is 95.0 Å². The second-order valence-electron chi connectivity index (χ2n) is 9.58. The molecule has 1 heterocycles. The number of anilines is 3. The molecular formula is C33H28BrN5O3S. The first-order chi connectivity index (χ1) is 20.9. The topological polar surface area (TPSA) is 105 Å². The van der Waals surface area contributed by atoms with Crippen LogP contribution in [0.1, 0.15) is 27.0 Å². The number of carbonyl (C=O) groups is 2. The number of halogens is 1. The van der Waals surface area contributed by atoms with Gasteiger partial charge in [0.2, 0.25) is 0 Å². The smallest absolute Gasteiger partial charge is 0.271 e. The predicted molar refractivity (Wildman–Crippen MR) is 177 cm³/mol. The molecule has 3 N–H and O–H groups in total. The van der Waals surface area contributed by atoms with Crippen molar-refractivity contribution >= 4 is 61.8 Å². The number of rotatable bonds is 10. The molecule has 8 nitrogen and oxygen atoms in total. The van der Waals surface area contributed by atoms with Crippen LogP contribution in [0.5, 0.6) is 5.75 Å². The summed E-state index contributed by atoms with van der Waals surface area (Å²) in [6.07, 6.45) is 1.53. The van der Waals surface area contributed by atoms with E-state index in [4.69, 9.17) is 4.74 Å². The molecular weight excluding hydrogens is 626 g/mol. The number of hydrazone groups is 1. The number of aryl methyl sites for hydroxylation is 1. The first-order valence-electron chi connectivity index (χ1n) is 13.4. The Kier molecular flexibility index (Phi) is 9.60. The Hall–Kier alpha value is -4.80. The number of hydrogen-bond acceptors (Lipinski definition) is 7. The third kappa shape index (κ3) is 7.94. The molecule has 43 heavy (non-hydrogen) atoms. The van der Waals surface area contributed by atoms with Crippen LogP contribution in [-0.4, -0.2) is 29.6 Å². The lowest BCUT2D eigenvalue weighted by molar-refractivity contribution is -0.118. The van der Waals surface area contributed by atoms with Gasteiger partial charge >= 0.3 is 0 Å². The van der Waals surface area contributed by atoms with Crippen molar-refractivity contribution in [1.82, 2.24) is 10.4 Å². The van der Waals surface area contributed by atoms with Gasteiger partial charge < -0.3 is 15.4 Å². The van der Waals surface area contributed by atoms with Crippen LogP contribution in [0, 0.1) is 13.8 Å². The molecule has 0 unspecified atom stereocenters. The summed E-state index contributed by atoms with van der Waals surface area (Å²) in [4.78, 5) is 29.6. The van der Waals surface area contributed by atoms with Gasteiger partial charge in [-0.25, -0.2) is 10.4 Å². The highest BCUT2D eigenvalue weighted by atomic mass is 79.9. The Bertz CT molecular complexity index is 1770. The van der Waals surface area contributed by atoms with Crippen LogP contribution in [0.25, 0.3) is 11.3 Å². The minimum atomic E-state index is -0.332. The molecule has 5 aromatic rings. The molecule has 5 rings (SSSR count). The van der Waals surface area contributed by atoms with Crippen LogP contribution in [0.4, 0.5) is 16.5 Å². The maximum atomic E-state index is 12.6. The van der Waals surface area contributed by atoms with Crippen LogP contribution in [0.2, 0.25) is 0 Å². The average molecular weight is 655 g/mol. The molecule has 0 atom stereocenters. The Morgan fingerprint density at radius 2 is 1.77 bits per heavy atom. The summed E-state index contributed by atoms with van der Waals surface area (Å²) in [6.45, 7) is 3.82. The number of aromatic nitrogens is 1. The van der Waals surface area contributed by atoms with Gasteiger partial charge in [-0.2, -0.15) is 5.10 Å². The number of carbonyl (C=O) groups excluding carboxylic acids is 2. The van der Waals surface area contributed by atoms with E-state index in [9.17, 15) is 9.59 Å². The first-order valence-corrected chi connectivity index (χ1v) is 15.0. The maximum Gasteiger partial charge on any atom is 0.271 e. The summed E-state index contributed by atoms with van der Waals surface area (Å²) in [5, 5.41) is 13.0. The zero-order valence-electron chi connectivity index (χ0n) is 23.4. The van der Waals surface area contributed by atoms with Crippen molar-refractivity contribution in [2.75, 3.05) is 17.2 Å². The number of benzene rings is 4. The van der Waals surface area contributed by atoms with Crippen molar-refractivity contribution in [3.8, 4) is 17.0 Å². The van der Waals surface area contributed by atoms with E-state index < -0.39 is 0 Å². The third-order valence-electron chi connectivity index (χ3n) is 6.55. The maximum absolute atomic E-state index is 12.6. The van der Waals surface area contributed by atoms with Crippen molar-refractivity contribution in [3.05, 3.63) is 123 Å². The fraction of sp³-hybridized carbons (Fsp3) is 0.0909. The summed E-state index contributed by atoms with van der Waals surface area (Å²) in [6, 6.07) is 28.1. The molecule has 0 saturated carbocycles. The molecule has 0 aliphatic carbocycles. The van der Waals surface area contributed by atoms with Crippen molar-refractivity contribution in [2.24, 2.45) is 5.10 Å². The average Bonchev–Trinajstić information content (AvgIpc) is 3.48. The highest BCUT2D eigenvalue weighted by Gasteiger charge is 2.10. The van der Waals surface area contributed by atoms with Crippen molar-refractivity contribution in [2.45, 2.75) is 13.8 Å². The molecule has 0 bridgehead atoms. The van der Waals surface area contributed by atoms with Crippen molar-refractivity contribution in [1.29, 1.82) is 0 Å². The van der Waals surface area contributed by atoms with E-state index >= 15 is 0 Å². The minimum Gasteiger partial charge on any atom is -0.483 e. The summed E-state index contributed by atoms with van der Waals surface area (Å²) in [5.74, 6) is -0.0692. The normalized spacial score (nSPS) is 10.9. The zero-order chi connectivity index (χ0) is 30.2. The number of thiazole rings is 1. The van der Waals surface area contributed by atoms with E-state index in [-0.39, 0.29) is 18.4 Å². The van der Waals surface area contributed by atoms with Crippen LogP contribution >= 0.6 is 27.3 Å². The van der Waals surface area contributed by atoms with E-state index in [1.807, 2.05) is 79.9 Å². The lowest BCUT2D eigenvalue weighted by Crippen LogP contribution is -2.21. The number of para-hydroxylation sites is 1. The number of amides is 2. The van der Waals surface area contributed by atoms with Crippen LogP contribution in [-0.2, 0) is 4.79 Å². The number of nitrogens with zero attached hydrogens (tertiary/aromatic N) is 2. The fourth-order valence-corrected chi connectivity index (χ4v) is 5.31. The van der Waals surface area contributed by atoms with E-state index in [1.165, 1.54) is 17.6 Å². The first kappa shape index (κ1) is 29.7. The fourth-order valence-electron chi connectivity index (χ4n) is 4.06. The van der Waals surface area contributed by atoms with Gasteiger partial charge in [-0.3, -0.25) is 9.59 Å². The Morgan fingerprint density at radius 3 is 2.53 bits per heavy atom. The van der Waals surface area contributed by atoms with Crippen LogP contribution in [0.15, 0.2) is 106 Å². The highest BCUT2D eigenvalue weighted by Crippen LogP contribution is 2.28. The Morgan fingerprint density at radius 1 is 0.977 bits per heavy atom. The highest BCUT2D eigenvalue weighted by molar-refractivity contribution is 9.10. The third-order valence-corrected chi connectivity index (χ3v) is 7.92. The Labute approximate surface area is 262 Å².